The third kappa shape index (κ3) is 2.39. The van der Waals surface area contributed by atoms with E-state index in [1.54, 1.807) is 21.3 Å². The Morgan fingerprint density at radius 3 is 2.14 bits per heavy atom. The van der Waals surface area contributed by atoms with E-state index in [4.69, 9.17) is 14.2 Å². The van der Waals surface area contributed by atoms with Gasteiger partial charge in [-0.3, -0.25) is 0 Å². The van der Waals surface area contributed by atoms with Crippen molar-refractivity contribution in [1.29, 1.82) is 0 Å². The van der Waals surface area contributed by atoms with Gasteiger partial charge < -0.3 is 14.2 Å². The normalized spacial score (nSPS) is 21.7. The molecule has 0 spiro atoms. The molecule has 0 saturated heterocycles. The van der Waals surface area contributed by atoms with Crippen LogP contribution in [0.4, 0.5) is 0 Å². The predicted octanol–water partition coefficient (Wildman–Crippen LogP) is 2.02. The molecule has 1 atom stereocenters. The van der Waals surface area contributed by atoms with Gasteiger partial charge in [0.2, 0.25) is 0 Å². The molecule has 0 radical (unpaired) electrons. The van der Waals surface area contributed by atoms with Crippen molar-refractivity contribution < 1.29 is 14.2 Å². The molecule has 0 aromatic rings. The molecule has 0 aromatic heterocycles. The van der Waals surface area contributed by atoms with Crippen LogP contribution in [0.2, 0.25) is 0 Å². The Morgan fingerprint density at radius 1 is 1.00 bits per heavy atom. The van der Waals surface area contributed by atoms with Gasteiger partial charge in [-0.15, -0.1) is 0 Å². The Labute approximate surface area is 84.7 Å². The molecule has 78 valence electrons. The van der Waals surface area contributed by atoms with Gasteiger partial charge in [0.1, 0.15) is 0 Å². The maximum absolute atomic E-state index is 5.24. The van der Waals surface area contributed by atoms with Gasteiger partial charge in [0, 0.05) is 7.11 Å². The molecule has 0 fully saturated rings. The van der Waals surface area contributed by atoms with E-state index < -0.39 is 0 Å². The first kappa shape index (κ1) is 10.9. The van der Waals surface area contributed by atoms with Gasteiger partial charge in [0.15, 0.2) is 11.5 Å². The highest BCUT2D eigenvalue weighted by Crippen LogP contribution is 2.20. The van der Waals surface area contributed by atoms with Gasteiger partial charge in [0.25, 0.3) is 0 Å². The minimum atomic E-state index is -0.0613. The van der Waals surface area contributed by atoms with Crippen molar-refractivity contribution >= 4 is 0 Å². The van der Waals surface area contributed by atoms with Gasteiger partial charge in [-0.1, -0.05) is 0 Å². The molecule has 3 heteroatoms. The molecule has 1 aliphatic carbocycles. The van der Waals surface area contributed by atoms with Crippen molar-refractivity contribution in [1.82, 2.24) is 0 Å². The van der Waals surface area contributed by atoms with Crippen LogP contribution in [0.1, 0.15) is 6.92 Å². The summed E-state index contributed by atoms with van der Waals surface area (Å²) in [7, 11) is 4.90. The summed E-state index contributed by atoms with van der Waals surface area (Å²) in [6.45, 7) is 2.00. The molecule has 0 aliphatic heterocycles. The zero-order chi connectivity index (χ0) is 10.6. The molecule has 0 aromatic carbocycles. The minimum Gasteiger partial charge on any atom is -0.493 e. The van der Waals surface area contributed by atoms with Crippen molar-refractivity contribution in [3.8, 4) is 0 Å². The van der Waals surface area contributed by atoms with Crippen LogP contribution in [0.3, 0.4) is 0 Å². The second kappa shape index (κ2) is 4.86. The fraction of sp³-hybridized carbons (Fsp3) is 0.455. The summed E-state index contributed by atoms with van der Waals surface area (Å²) in [5, 5.41) is 0. The molecule has 1 aliphatic rings. The highest BCUT2D eigenvalue weighted by atomic mass is 16.5. The quantitative estimate of drug-likeness (QED) is 0.691. The number of rotatable bonds is 3. The highest BCUT2D eigenvalue weighted by molar-refractivity contribution is 5.35. The van der Waals surface area contributed by atoms with Crippen LogP contribution in [0.15, 0.2) is 35.3 Å². The van der Waals surface area contributed by atoms with Gasteiger partial charge in [0.05, 0.1) is 20.3 Å². The average Bonchev–Trinajstić information content (AvgIpc) is 2.36. The number of methoxy groups -OCH3 is 3. The van der Waals surface area contributed by atoms with E-state index in [0.717, 1.165) is 11.3 Å². The Bertz CT molecular complexity index is 287. The van der Waals surface area contributed by atoms with Crippen molar-refractivity contribution in [2.75, 3.05) is 21.3 Å². The third-order valence-electron chi connectivity index (χ3n) is 2.06. The number of ether oxygens (including phenoxy) is 3. The first-order chi connectivity index (χ1) is 6.71. The summed E-state index contributed by atoms with van der Waals surface area (Å²) in [5.74, 6) is 1.42. The van der Waals surface area contributed by atoms with E-state index in [1.165, 1.54) is 0 Å². The maximum atomic E-state index is 5.24. The lowest BCUT2D eigenvalue weighted by Crippen LogP contribution is -2.05. The monoisotopic (exact) mass is 196 g/mol. The standard InChI is InChI=1S/C11H16O3/c1-8-5-9(12-2)7-11(14-4)10(6-8)13-3/h5-7,9H,1-4H3. The molecule has 0 amide bonds. The second-order valence-electron chi connectivity index (χ2n) is 3.06. The molecule has 0 N–H and O–H groups in total. The first-order valence-corrected chi connectivity index (χ1v) is 4.44. The van der Waals surface area contributed by atoms with E-state index in [0.29, 0.717) is 5.76 Å². The first-order valence-electron chi connectivity index (χ1n) is 4.44. The largest absolute Gasteiger partial charge is 0.493 e. The van der Waals surface area contributed by atoms with Crippen LogP contribution in [0.25, 0.3) is 0 Å². The minimum absolute atomic E-state index is 0.0613. The summed E-state index contributed by atoms with van der Waals surface area (Å²) in [5.41, 5.74) is 1.09. The maximum Gasteiger partial charge on any atom is 0.160 e. The highest BCUT2D eigenvalue weighted by Gasteiger charge is 2.13. The third-order valence-corrected chi connectivity index (χ3v) is 2.06. The van der Waals surface area contributed by atoms with E-state index in [9.17, 15) is 0 Å². The lowest BCUT2D eigenvalue weighted by atomic mass is 10.2. The van der Waals surface area contributed by atoms with E-state index in [2.05, 4.69) is 0 Å². The van der Waals surface area contributed by atoms with Gasteiger partial charge in [-0.25, -0.2) is 0 Å². The molecule has 0 heterocycles. The Hall–Kier alpha value is -1.22. The number of hydrogen-bond donors (Lipinski definition) is 0. The second-order valence-corrected chi connectivity index (χ2v) is 3.06. The summed E-state index contributed by atoms with van der Waals surface area (Å²) < 4.78 is 15.7. The average molecular weight is 196 g/mol. The van der Waals surface area contributed by atoms with Crippen molar-refractivity contribution in [3.05, 3.63) is 35.3 Å². The molecule has 0 bridgehead atoms. The van der Waals surface area contributed by atoms with E-state index in [1.807, 2.05) is 25.2 Å². The Morgan fingerprint density at radius 2 is 1.64 bits per heavy atom. The van der Waals surface area contributed by atoms with Crippen LogP contribution >= 0.6 is 0 Å². The Balaban J connectivity index is 3.02. The zero-order valence-electron chi connectivity index (χ0n) is 9.03. The lowest BCUT2D eigenvalue weighted by Gasteiger charge is -2.10. The summed E-state index contributed by atoms with van der Waals surface area (Å²) >= 11 is 0. The molecular weight excluding hydrogens is 180 g/mol. The molecule has 1 rings (SSSR count). The van der Waals surface area contributed by atoms with Crippen LogP contribution in [0.5, 0.6) is 0 Å². The SMILES string of the molecule is COC1=CC(C)=CC(OC)C=C1OC. The molecule has 1 unspecified atom stereocenters. The molecular formula is C11H16O3. The van der Waals surface area contributed by atoms with Crippen LogP contribution < -0.4 is 0 Å². The predicted molar refractivity (Wildman–Crippen MR) is 54.7 cm³/mol. The smallest absolute Gasteiger partial charge is 0.160 e. The van der Waals surface area contributed by atoms with Gasteiger partial charge in [-0.05, 0) is 30.7 Å². The molecule has 14 heavy (non-hydrogen) atoms. The van der Waals surface area contributed by atoms with Crippen molar-refractivity contribution in [3.63, 3.8) is 0 Å². The van der Waals surface area contributed by atoms with Crippen LogP contribution in [-0.2, 0) is 14.2 Å². The van der Waals surface area contributed by atoms with Crippen LogP contribution in [-0.4, -0.2) is 27.4 Å². The fourth-order valence-electron chi connectivity index (χ4n) is 1.33. The zero-order valence-corrected chi connectivity index (χ0v) is 9.03. The van der Waals surface area contributed by atoms with Crippen molar-refractivity contribution in [2.45, 2.75) is 13.0 Å². The number of hydrogen-bond acceptors (Lipinski definition) is 3. The fourth-order valence-corrected chi connectivity index (χ4v) is 1.33. The summed E-state index contributed by atoms with van der Waals surface area (Å²) in [6.07, 6.45) is 5.75. The summed E-state index contributed by atoms with van der Waals surface area (Å²) in [4.78, 5) is 0. The Kier molecular flexibility index (Phi) is 3.77. The molecule has 3 nitrogen and oxygen atoms in total. The van der Waals surface area contributed by atoms with Crippen molar-refractivity contribution in [2.24, 2.45) is 0 Å². The lowest BCUT2D eigenvalue weighted by molar-refractivity contribution is 0.167. The van der Waals surface area contributed by atoms with E-state index in [-0.39, 0.29) is 6.10 Å². The van der Waals surface area contributed by atoms with Gasteiger partial charge in [-0.2, -0.15) is 0 Å². The summed E-state index contributed by atoms with van der Waals surface area (Å²) in [6, 6.07) is 0. The number of allylic oxidation sites excluding steroid dienone is 2. The van der Waals surface area contributed by atoms with Gasteiger partial charge >= 0.3 is 0 Å². The molecule has 0 saturated carbocycles. The van der Waals surface area contributed by atoms with E-state index >= 15 is 0 Å². The van der Waals surface area contributed by atoms with Crippen LogP contribution in [0, 0.1) is 0 Å². The topological polar surface area (TPSA) is 27.7 Å².